The van der Waals surface area contributed by atoms with E-state index >= 15 is 0 Å². The summed E-state index contributed by atoms with van der Waals surface area (Å²) >= 11 is 0. The fourth-order valence-corrected chi connectivity index (χ4v) is 5.99. The summed E-state index contributed by atoms with van der Waals surface area (Å²) in [5.74, 6) is 0.317. The summed E-state index contributed by atoms with van der Waals surface area (Å²) < 4.78 is 12.3. The van der Waals surface area contributed by atoms with Gasteiger partial charge in [-0.3, -0.25) is 9.69 Å². The van der Waals surface area contributed by atoms with Gasteiger partial charge in [0, 0.05) is 39.0 Å². The summed E-state index contributed by atoms with van der Waals surface area (Å²) in [5.41, 5.74) is 2.56. The van der Waals surface area contributed by atoms with E-state index in [0.717, 1.165) is 45.4 Å². The molecule has 5 rings (SSSR count). The van der Waals surface area contributed by atoms with Crippen LogP contribution in [-0.4, -0.2) is 67.4 Å². The Morgan fingerprint density at radius 3 is 2.03 bits per heavy atom. The molecule has 1 atom stereocenters. The number of hydrogen-bond acceptors (Lipinski definition) is 4. The lowest BCUT2D eigenvalue weighted by Crippen LogP contribution is -2.63. The maximum absolute atomic E-state index is 13.1. The third-order valence-corrected chi connectivity index (χ3v) is 8.16. The van der Waals surface area contributed by atoms with Gasteiger partial charge in [-0.1, -0.05) is 67.1 Å². The molecule has 3 aliphatic rings. The predicted octanol–water partition coefficient (Wildman–Crippen LogP) is 4.31. The number of piperazine rings is 1. The Balaban J connectivity index is 1.15. The minimum Gasteiger partial charge on any atom is -0.375 e. The van der Waals surface area contributed by atoms with Gasteiger partial charge in [0.25, 0.3) is 0 Å². The summed E-state index contributed by atoms with van der Waals surface area (Å²) in [5, 5.41) is 0. The van der Waals surface area contributed by atoms with Crippen LogP contribution < -0.4 is 0 Å². The van der Waals surface area contributed by atoms with Gasteiger partial charge in [-0.05, 0) is 42.2 Å². The van der Waals surface area contributed by atoms with E-state index in [1.165, 1.54) is 30.4 Å². The van der Waals surface area contributed by atoms with Gasteiger partial charge < -0.3 is 14.4 Å². The number of amides is 1. The number of benzene rings is 2. The molecule has 2 heterocycles. The van der Waals surface area contributed by atoms with E-state index in [9.17, 15) is 4.79 Å². The van der Waals surface area contributed by atoms with Gasteiger partial charge in [0.15, 0.2) is 0 Å². The zero-order valence-corrected chi connectivity index (χ0v) is 20.3. The molecule has 34 heavy (non-hydrogen) atoms. The van der Waals surface area contributed by atoms with Gasteiger partial charge in [0.2, 0.25) is 5.91 Å². The summed E-state index contributed by atoms with van der Waals surface area (Å²) in [6.07, 6.45) is 7.39. The van der Waals surface area contributed by atoms with Crippen LogP contribution in [0.5, 0.6) is 0 Å². The normalized spacial score (nSPS) is 25.0. The van der Waals surface area contributed by atoms with E-state index in [4.69, 9.17) is 9.47 Å². The summed E-state index contributed by atoms with van der Waals surface area (Å²) in [4.78, 5) is 17.6. The molecule has 2 aromatic rings. The first-order valence-corrected chi connectivity index (χ1v) is 13.0. The third-order valence-electron chi connectivity index (χ3n) is 8.16. The first-order valence-electron chi connectivity index (χ1n) is 13.0. The van der Waals surface area contributed by atoms with Crippen LogP contribution in [-0.2, 0) is 27.1 Å². The van der Waals surface area contributed by atoms with Gasteiger partial charge >= 0.3 is 0 Å². The summed E-state index contributed by atoms with van der Waals surface area (Å²) in [7, 11) is 0. The molecule has 5 nitrogen and oxygen atoms in total. The van der Waals surface area contributed by atoms with Gasteiger partial charge in [0.1, 0.15) is 5.72 Å². The SMILES string of the molecule is O=C(CCC1(Cc2ccccc2)CCC1)N1CCN(C2(Cc3ccccc3)COCCO2)CC1. The topological polar surface area (TPSA) is 42.0 Å². The van der Waals surface area contributed by atoms with Gasteiger partial charge in [-0.25, -0.2) is 0 Å². The Bertz CT molecular complexity index is 915. The molecular formula is C29H38N2O3. The van der Waals surface area contributed by atoms with E-state index in [1.54, 1.807) is 0 Å². The van der Waals surface area contributed by atoms with E-state index in [0.29, 0.717) is 37.6 Å². The molecule has 5 heteroatoms. The van der Waals surface area contributed by atoms with E-state index < -0.39 is 5.72 Å². The van der Waals surface area contributed by atoms with Crippen LogP contribution in [0.4, 0.5) is 0 Å². The van der Waals surface area contributed by atoms with Crippen molar-refractivity contribution in [3.8, 4) is 0 Å². The molecule has 0 bridgehead atoms. The maximum Gasteiger partial charge on any atom is 0.222 e. The molecule has 0 spiro atoms. The maximum atomic E-state index is 13.1. The highest BCUT2D eigenvalue weighted by Gasteiger charge is 2.42. The molecule has 1 unspecified atom stereocenters. The molecular weight excluding hydrogens is 424 g/mol. The highest BCUT2D eigenvalue weighted by atomic mass is 16.6. The van der Waals surface area contributed by atoms with Crippen molar-refractivity contribution in [2.75, 3.05) is 46.0 Å². The summed E-state index contributed by atoms with van der Waals surface area (Å²) in [6, 6.07) is 21.3. The molecule has 2 aromatic carbocycles. The second-order valence-corrected chi connectivity index (χ2v) is 10.4. The fraction of sp³-hybridized carbons (Fsp3) is 0.552. The van der Waals surface area contributed by atoms with Crippen molar-refractivity contribution < 1.29 is 14.3 Å². The largest absolute Gasteiger partial charge is 0.375 e. The second kappa shape index (κ2) is 10.6. The number of carbonyl (C=O) groups excluding carboxylic acids is 1. The van der Waals surface area contributed by atoms with Gasteiger partial charge in [-0.2, -0.15) is 0 Å². The van der Waals surface area contributed by atoms with Crippen LogP contribution in [0.1, 0.15) is 43.2 Å². The number of nitrogens with zero attached hydrogens (tertiary/aromatic N) is 2. The molecule has 1 amide bonds. The molecule has 1 aliphatic carbocycles. The molecule has 0 N–H and O–H groups in total. The van der Waals surface area contributed by atoms with Gasteiger partial charge in [0.05, 0.1) is 19.8 Å². The lowest BCUT2D eigenvalue weighted by molar-refractivity contribution is -0.236. The molecule has 0 radical (unpaired) electrons. The lowest BCUT2D eigenvalue weighted by Gasteiger charge is -2.49. The molecule has 182 valence electrons. The van der Waals surface area contributed by atoms with Crippen LogP contribution in [0.15, 0.2) is 60.7 Å². The molecule has 2 aliphatic heterocycles. The van der Waals surface area contributed by atoms with Crippen molar-refractivity contribution in [3.63, 3.8) is 0 Å². The molecule has 0 aromatic heterocycles. The quantitative estimate of drug-likeness (QED) is 0.586. The van der Waals surface area contributed by atoms with E-state index in [2.05, 4.69) is 64.4 Å². The van der Waals surface area contributed by atoms with Crippen molar-refractivity contribution in [3.05, 3.63) is 71.8 Å². The molecule has 1 saturated carbocycles. The molecule has 2 saturated heterocycles. The third kappa shape index (κ3) is 5.37. The van der Waals surface area contributed by atoms with Crippen LogP contribution >= 0.6 is 0 Å². The fourth-order valence-electron chi connectivity index (χ4n) is 5.99. The minimum absolute atomic E-state index is 0.317. The molecule has 3 fully saturated rings. The average Bonchev–Trinajstić information content (AvgIpc) is 2.87. The van der Waals surface area contributed by atoms with Crippen LogP contribution in [0.2, 0.25) is 0 Å². The number of ether oxygens (including phenoxy) is 2. The van der Waals surface area contributed by atoms with Crippen molar-refractivity contribution in [1.29, 1.82) is 0 Å². The van der Waals surface area contributed by atoms with Crippen LogP contribution in [0.25, 0.3) is 0 Å². The van der Waals surface area contributed by atoms with Crippen LogP contribution in [0.3, 0.4) is 0 Å². The first kappa shape index (κ1) is 23.5. The number of hydrogen-bond donors (Lipinski definition) is 0. The van der Waals surface area contributed by atoms with Crippen molar-refractivity contribution in [2.45, 2.75) is 50.7 Å². The highest BCUT2D eigenvalue weighted by molar-refractivity contribution is 5.76. The lowest BCUT2D eigenvalue weighted by atomic mass is 9.63. The Hall–Kier alpha value is -2.21. The van der Waals surface area contributed by atoms with Gasteiger partial charge in [-0.15, -0.1) is 0 Å². The Labute approximate surface area is 204 Å². The Morgan fingerprint density at radius 2 is 1.47 bits per heavy atom. The predicted molar refractivity (Wildman–Crippen MR) is 133 cm³/mol. The van der Waals surface area contributed by atoms with E-state index in [-0.39, 0.29) is 0 Å². The van der Waals surface area contributed by atoms with Crippen molar-refractivity contribution in [2.24, 2.45) is 5.41 Å². The minimum atomic E-state index is -0.430. The highest BCUT2D eigenvalue weighted by Crippen LogP contribution is 2.47. The smallest absolute Gasteiger partial charge is 0.222 e. The number of carbonyl (C=O) groups is 1. The van der Waals surface area contributed by atoms with Crippen molar-refractivity contribution >= 4 is 5.91 Å². The first-order chi connectivity index (χ1) is 16.7. The summed E-state index contributed by atoms with van der Waals surface area (Å²) in [6.45, 7) is 5.05. The standard InChI is InChI=1S/C29H38N2O3/c32-27(12-15-28(13-7-14-28)22-25-8-3-1-4-9-25)30-16-18-31(19-17-30)29(24-33-20-21-34-29)23-26-10-5-2-6-11-26/h1-6,8-11H,7,12-24H2. The zero-order valence-electron chi connectivity index (χ0n) is 20.3. The second-order valence-electron chi connectivity index (χ2n) is 10.4. The monoisotopic (exact) mass is 462 g/mol. The average molecular weight is 463 g/mol. The Morgan fingerprint density at radius 1 is 0.824 bits per heavy atom. The van der Waals surface area contributed by atoms with Crippen molar-refractivity contribution in [1.82, 2.24) is 9.80 Å². The Kier molecular flexibility index (Phi) is 7.33. The zero-order chi connectivity index (χ0) is 23.3. The van der Waals surface area contributed by atoms with E-state index in [1.807, 2.05) is 6.07 Å². The number of rotatable bonds is 8. The van der Waals surface area contributed by atoms with Crippen LogP contribution in [0, 0.1) is 5.41 Å².